The van der Waals surface area contributed by atoms with E-state index in [1.807, 2.05) is 54.6 Å². The lowest BCUT2D eigenvalue weighted by molar-refractivity contribution is -0.143. The summed E-state index contributed by atoms with van der Waals surface area (Å²) in [5, 5.41) is 0.406. The lowest BCUT2D eigenvalue weighted by atomic mass is 9.95. The van der Waals surface area contributed by atoms with Gasteiger partial charge in [-0.25, -0.2) is 9.79 Å². The van der Waals surface area contributed by atoms with E-state index in [-0.39, 0.29) is 16.0 Å². The van der Waals surface area contributed by atoms with Crippen LogP contribution in [0.2, 0.25) is 5.02 Å². The molecule has 1 aromatic heterocycles. The van der Waals surface area contributed by atoms with Crippen molar-refractivity contribution < 1.29 is 19.1 Å². The summed E-state index contributed by atoms with van der Waals surface area (Å²) in [6.07, 6.45) is -0.398. The fraction of sp³-hybridized carbons (Fsp3) is 0.212. The summed E-state index contributed by atoms with van der Waals surface area (Å²) in [4.78, 5) is 48.8. The third-order valence-corrected chi connectivity index (χ3v) is 8.67. The first-order valence-corrected chi connectivity index (χ1v) is 14.9. The summed E-state index contributed by atoms with van der Waals surface area (Å²) in [6.45, 7) is 5.57. The van der Waals surface area contributed by atoms with E-state index in [0.717, 1.165) is 22.6 Å². The van der Waals surface area contributed by atoms with Crippen LogP contribution in [0.4, 0.5) is 5.69 Å². The molecule has 2 aliphatic rings. The van der Waals surface area contributed by atoms with Gasteiger partial charge in [-0.05, 0) is 50.6 Å². The molecule has 218 valence electrons. The Hall–Kier alpha value is -4.47. The Kier molecular flexibility index (Phi) is 7.54. The minimum Gasteiger partial charge on any atom is -0.496 e. The van der Waals surface area contributed by atoms with Crippen LogP contribution >= 0.6 is 22.9 Å². The fourth-order valence-electron chi connectivity index (χ4n) is 5.55. The van der Waals surface area contributed by atoms with Crippen molar-refractivity contribution in [2.75, 3.05) is 12.0 Å². The van der Waals surface area contributed by atoms with Gasteiger partial charge in [0, 0.05) is 16.1 Å². The van der Waals surface area contributed by atoms with Crippen molar-refractivity contribution in [3.8, 4) is 5.75 Å². The van der Waals surface area contributed by atoms with E-state index in [9.17, 15) is 14.4 Å². The van der Waals surface area contributed by atoms with Gasteiger partial charge in [0.15, 0.2) is 4.80 Å². The number of carbonyl (C=O) groups is 2. The first kappa shape index (κ1) is 28.6. The number of halogens is 1. The molecule has 1 atom stereocenters. The van der Waals surface area contributed by atoms with Crippen LogP contribution in [0.5, 0.6) is 5.75 Å². The lowest BCUT2D eigenvalue weighted by Gasteiger charge is -2.26. The zero-order valence-electron chi connectivity index (χ0n) is 24.0. The van der Waals surface area contributed by atoms with Crippen LogP contribution in [0.3, 0.4) is 0 Å². The molecule has 0 radical (unpaired) electrons. The molecular weight excluding hydrogens is 586 g/mol. The summed E-state index contributed by atoms with van der Waals surface area (Å²) in [6, 6.07) is 21.2. The van der Waals surface area contributed by atoms with Crippen molar-refractivity contribution in [2.24, 2.45) is 4.99 Å². The monoisotopic (exact) mass is 613 g/mol. The number of allylic oxidation sites excluding steroid dienone is 1. The van der Waals surface area contributed by atoms with Crippen LogP contribution in [0.25, 0.3) is 5.57 Å². The van der Waals surface area contributed by atoms with Crippen molar-refractivity contribution in [1.29, 1.82) is 0 Å². The molecule has 3 aromatic carbocycles. The molecule has 1 amide bonds. The molecule has 8 nitrogen and oxygen atoms in total. The van der Waals surface area contributed by atoms with Crippen LogP contribution in [0, 0.1) is 0 Å². The smallest absolute Gasteiger partial charge is 0.338 e. The Balaban J connectivity index is 1.61. The molecule has 43 heavy (non-hydrogen) atoms. The molecule has 0 unspecified atom stereocenters. The first-order chi connectivity index (χ1) is 20.7. The van der Waals surface area contributed by atoms with Crippen LogP contribution < -0.4 is 24.5 Å². The normalized spacial score (nSPS) is 17.1. The van der Waals surface area contributed by atoms with Gasteiger partial charge in [0.2, 0.25) is 0 Å². The number of esters is 1. The number of fused-ring (bicyclic) bond motifs is 2. The maximum absolute atomic E-state index is 14.5. The topological polar surface area (TPSA) is 90.2 Å². The van der Waals surface area contributed by atoms with Crippen molar-refractivity contribution in [3.05, 3.63) is 125 Å². The van der Waals surface area contributed by atoms with Gasteiger partial charge in [0.05, 0.1) is 42.3 Å². The second-order valence-corrected chi connectivity index (χ2v) is 11.9. The zero-order chi connectivity index (χ0) is 30.4. The van der Waals surface area contributed by atoms with Gasteiger partial charge in [-0.2, -0.15) is 0 Å². The number of aromatic nitrogens is 1. The van der Waals surface area contributed by atoms with Crippen LogP contribution in [0.1, 0.15) is 43.5 Å². The Morgan fingerprint density at radius 3 is 2.49 bits per heavy atom. The minimum atomic E-state index is -0.947. The van der Waals surface area contributed by atoms with E-state index in [2.05, 4.69) is 4.99 Å². The molecule has 10 heteroatoms. The number of benzene rings is 3. The Labute approximate surface area is 256 Å². The quantitative estimate of drug-likeness (QED) is 0.292. The molecule has 0 saturated carbocycles. The number of para-hydroxylation sites is 1. The molecular formula is C33H28ClN3O5S. The number of amides is 1. The number of nitrogens with zero attached hydrogens (tertiary/aromatic N) is 3. The molecule has 4 aromatic rings. The van der Waals surface area contributed by atoms with Gasteiger partial charge in [-0.15, -0.1) is 0 Å². The fourth-order valence-corrected chi connectivity index (χ4v) is 6.86. The standard InChI is InChI=1S/C33H28ClN3O5S/c1-18(2)42-32(40)26-19(3)35-33-37(28(26)23-16-21(34)14-15-25(23)41-4)31(39)29(43-33)27-22-12-8-9-13-24(22)36(30(27)38)17-20-10-6-5-7-11-20/h5-16,18,28H,17H2,1-4H3/b29-27+/t28-/m1/s1. The van der Waals surface area contributed by atoms with Gasteiger partial charge in [-0.3, -0.25) is 14.2 Å². The maximum atomic E-state index is 14.5. The largest absolute Gasteiger partial charge is 0.496 e. The molecule has 3 heterocycles. The predicted octanol–water partition coefficient (Wildman–Crippen LogP) is 4.77. The molecule has 0 spiro atoms. The van der Waals surface area contributed by atoms with Gasteiger partial charge < -0.3 is 14.4 Å². The highest BCUT2D eigenvalue weighted by Crippen LogP contribution is 2.39. The minimum absolute atomic E-state index is 0.196. The molecule has 0 saturated heterocycles. The van der Waals surface area contributed by atoms with E-state index in [1.165, 1.54) is 11.7 Å². The van der Waals surface area contributed by atoms with Crippen molar-refractivity contribution >= 4 is 46.1 Å². The number of ether oxygens (including phenoxy) is 2. The highest BCUT2D eigenvalue weighted by atomic mass is 35.5. The highest BCUT2D eigenvalue weighted by Gasteiger charge is 2.38. The molecule has 0 aliphatic carbocycles. The number of carbonyl (C=O) groups excluding carboxylic acids is 2. The van der Waals surface area contributed by atoms with E-state index in [0.29, 0.717) is 44.5 Å². The SMILES string of the molecule is COc1ccc(Cl)cc1[C@@H]1C(C(=O)OC(C)C)=C(C)N=c2s/c(=C3/C(=O)N(Cc4ccccc4)c4ccccc43)c(=O)n21. The number of anilines is 1. The van der Waals surface area contributed by atoms with E-state index in [4.69, 9.17) is 21.1 Å². The van der Waals surface area contributed by atoms with E-state index < -0.39 is 23.7 Å². The Morgan fingerprint density at radius 1 is 1.05 bits per heavy atom. The van der Waals surface area contributed by atoms with Crippen molar-refractivity contribution in [3.63, 3.8) is 0 Å². The summed E-state index contributed by atoms with van der Waals surface area (Å²) in [5.41, 5.74) is 3.31. The Morgan fingerprint density at radius 2 is 1.77 bits per heavy atom. The average molecular weight is 614 g/mol. The number of rotatable bonds is 6. The summed E-state index contributed by atoms with van der Waals surface area (Å²) >= 11 is 7.55. The van der Waals surface area contributed by atoms with Gasteiger partial charge >= 0.3 is 5.97 Å². The van der Waals surface area contributed by atoms with Gasteiger partial charge in [0.1, 0.15) is 16.3 Å². The third kappa shape index (κ3) is 4.98. The van der Waals surface area contributed by atoms with E-state index in [1.54, 1.807) is 43.9 Å². The average Bonchev–Trinajstić information content (AvgIpc) is 3.44. The van der Waals surface area contributed by atoms with Crippen LogP contribution in [-0.2, 0) is 20.9 Å². The van der Waals surface area contributed by atoms with E-state index >= 15 is 0 Å². The summed E-state index contributed by atoms with van der Waals surface area (Å²) in [5.74, 6) is -0.437. The number of thiazole rings is 1. The maximum Gasteiger partial charge on any atom is 0.338 e. The van der Waals surface area contributed by atoms with Crippen LogP contribution in [0.15, 0.2) is 93.9 Å². The zero-order valence-corrected chi connectivity index (χ0v) is 25.5. The third-order valence-electron chi connectivity index (χ3n) is 7.38. The Bertz CT molecular complexity index is 1990. The van der Waals surface area contributed by atoms with Gasteiger partial charge in [-0.1, -0.05) is 71.5 Å². The molecule has 0 fully saturated rings. The number of methoxy groups -OCH3 is 1. The molecule has 6 rings (SSSR count). The van der Waals surface area contributed by atoms with Crippen LogP contribution in [-0.4, -0.2) is 29.7 Å². The summed E-state index contributed by atoms with van der Waals surface area (Å²) < 4.78 is 12.9. The summed E-state index contributed by atoms with van der Waals surface area (Å²) in [7, 11) is 1.51. The predicted molar refractivity (Wildman–Crippen MR) is 166 cm³/mol. The second-order valence-electron chi connectivity index (χ2n) is 10.5. The highest BCUT2D eigenvalue weighted by molar-refractivity contribution is 7.07. The number of hydrogen-bond donors (Lipinski definition) is 0. The number of hydrogen-bond acceptors (Lipinski definition) is 7. The second kappa shape index (κ2) is 11.3. The molecule has 0 bridgehead atoms. The lowest BCUT2D eigenvalue weighted by Crippen LogP contribution is -2.41. The van der Waals surface area contributed by atoms with Crippen molar-refractivity contribution in [2.45, 2.75) is 39.5 Å². The van der Waals surface area contributed by atoms with Crippen molar-refractivity contribution in [1.82, 2.24) is 4.57 Å². The first-order valence-electron chi connectivity index (χ1n) is 13.7. The van der Waals surface area contributed by atoms with Gasteiger partial charge in [0.25, 0.3) is 11.5 Å². The molecule has 0 N–H and O–H groups in total. The molecule has 2 aliphatic heterocycles.